The number of hydrogen-bond acceptors (Lipinski definition) is 6. The lowest BCUT2D eigenvalue weighted by Crippen LogP contribution is -2.24. The van der Waals surface area contributed by atoms with Gasteiger partial charge in [0.05, 0.1) is 16.2 Å². The number of nitrogens with one attached hydrogen (secondary N) is 1. The van der Waals surface area contributed by atoms with Crippen LogP contribution in [0.5, 0.6) is 0 Å². The van der Waals surface area contributed by atoms with Crippen LogP contribution in [-0.2, 0) is 16.6 Å². The maximum Gasteiger partial charge on any atom is 0.242 e. The van der Waals surface area contributed by atoms with Crippen LogP contribution in [0, 0.1) is 25.2 Å². The molecule has 110 valence electrons. The average molecular weight is 306 g/mol. The van der Waals surface area contributed by atoms with Gasteiger partial charge >= 0.3 is 0 Å². The van der Waals surface area contributed by atoms with Crippen molar-refractivity contribution in [3.63, 3.8) is 0 Å². The van der Waals surface area contributed by atoms with E-state index in [1.165, 1.54) is 18.2 Å². The first-order valence-corrected chi connectivity index (χ1v) is 7.54. The van der Waals surface area contributed by atoms with Crippen molar-refractivity contribution in [1.82, 2.24) is 9.88 Å². The van der Waals surface area contributed by atoms with Crippen molar-refractivity contribution < 1.29 is 12.9 Å². The van der Waals surface area contributed by atoms with Crippen molar-refractivity contribution in [3.05, 3.63) is 40.8 Å². The molecular weight excluding hydrogens is 292 g/mol. The highest BCUT2D eigenvalue weighted by Gasteiger charge is 2.20. The molecule has 0 aliphatic rings. The number of hydrogen-bond donors (Lipinski definition) is 2. The largest absolute Gasteiger partial charge is 0.399 e. The fourth-order valence-corrected chi connectivity index (χ4v) is 3.00. The zero-order valence-electron chi connectivity index (χ0n) is 11.5. The summed E-state index contributed by atoms with van der Waals surface area (Å²) in [5, 5.41) is 12.8. The highest BCUT2D eigenvalue weighted by Crippen LogP contribution is 2.19. The Kier molecular flexibility index (Phi) is 3.97. The minimum absolute atomic E-state index is 0.00117. The van der Waals surface area contributed by atoms with Crippen LogP contribution in [0.2, 0.25) is 0 Å². The molecule has 21 heavy (non-hydrogen) atoms. The highest BCUT2D eigenvalue weighted by molar-refractivity contribution is 7.89. The standard InChI is InChI=1S/C13H14N4O3S/c1-8-12(9(2)20-17-8)7-16-21(18,19)13-4-3-11(15)5-10(13)6-14/h3-5,16H,7,15H2,1-2H3. The van der Waals surface area contributed by atoms with Gasteiger partial charge in [0.25, 0.3) is 0 Å². The van der Waals surface area contributed by atoms with Crippen LogP contribution >= 0.6 is 0 Å². The molecule has 2 rings (SSSR count). The molecule has 0 bridgehead atoms. The number of nitrogen functional groups attached to an aromatic ring is 1. The molecule has 3 N–H and O–H groups in total. The normalized spacial score (nSPS) is 11.3. The molecule has 0 atom stereocenters. The second kappa shape index (κ2) is 5.55. The molecule has 1 aromatic heterocycles. The Morgan fingerprint density at radius 2 is 2.14 bits per heavy atom. The molecule has 0 spiro atoms. The van der Waals surface area contributed by atoms with Crippen LogP contribution < -0.4 is 10.5 Å². The maximum absolute atomic E-state index is 12.3. The summed E-state index contributed by atoms with van der Waals surface area (Å²) in [5.41, 5.74) is 7.17. The number of sulfonamides is 1. The van der Waals surface area contributed by atoms with Gasteiger partial charge in [0.15, 0.2) is 0 Å². The topological polar surface area (TPSA) is 122 Å². The van der Waals surface area contributed by atoms with E-state index in [2.05, 4.69) is 9.88 Å². The van der Waals surface area contributed by atoms with Crippen LogP contribution in [0.3, 0.4) is 0 Å². The Hall–Kier alpha value is -2.37. The van der Waals surface area contributed by atoms with Crippen LogP contribution in [0.15, 0.2) is 27.6 Å². The smallest absolute Gasteiger partial charge is 0.242 e. The van der Waals surface area contributed by atoms with E-state index in [1.807, 2.05) is 6.07 Å². The summed E-state index contributed by atoms with van der Waals surface area (Å²) in [4.78, 5) is -0.106. The quantitative estimate of drug-likeness (QED) is 0.819. The maximum atomic E-state index is 12.3. The van der Waals surface area contributed by atoms with E-state index in [4.69, 9.17) is 15.5 Å². The lowest BCUT2D eigenvalue weighted by atomic mass is 10.2. The first-order valence-electron chi connectivity index (χ1n) is 6.06. The first kappa shape index (κ1) is 15.0. The summed E-state index contributed by atoms with van der Waals surface area (Å²) in [6.07, 6.45) is 0. The summed E-state index contributed by atoms with van der Waals surface area (Å²) in [7, 11) is -3.83. The van der Waals surface area contributed by atoms with E-state index in [0.29, 0.717) is 22.7 Å². The van der Waals surface area contributed by atoms with E-state index >= 15 is 0 Å². The fraction of sp³-hybridized carbons (Fsp3) is 0.231. The molecule has 2 aromatic rings. The Morgan fingerprint density at radius 3 is 2.71 bits per heavy atom. The van der Waals surface area contributed by atoms with Crippen LogP contribution in [0.25, 0.3) is 0 Å². The van der Waals surface area contributed by atoms with Gasteiger partial charge in [-0.25, -0.2) is 13.1 Å². The van der Waals surface area contributed by atoms with E-state index in [1.54, 1.807) is 13.8 Å². The summed E-state index contributed by atoms with van der Waals surface area (Å²) in [5.74, 6) is 0.549. The van der Waals surface area contributed by atoms with Crippen LogP contribution in [0.4, 0.5) is 5.69 Å². The number of rotatable bonds is 4. The molecule has 0 amide bonds. The molecule has 0 unspecified atom stereocenters. The fourth-order valence-electron chi connectivity index (χ4n) is 1.87. The molecule has 1 heterocycles. The molecule has 0 saturated heterocycles. The summed E-state index contributed by atoms with van der Waals surface area (Å²) in [6, 6.07) is 5.90. The second-order valence-electron chi connectivity index (χ2n) is 4.49. The third-order valence-corrected chi connectivity index (χ3v) is 4.49. The van der Waals surface area contributed by atoms with Crippen LogP contribution in [-0.4, -0.2) is 13.6 Å². The van der Waals surface area contributed by atoms with Gasteiger partial charge < -0.3 is 10.3 Å². The third kappa shape index (κ3) is 3.04. The molecule has 0 aliphatic carbocycles. The van der Waals surface area contributed by atoms with Crippen molar-refractivity contribution in [1.29, 1.82) is 5.26 Å². The third-order valence-electron chi connectivity index (χ3n) is 3.03. The van der Waals surface area contributed by atoms with Gasteiger partial charge in [0, 0.05) is 17.8 Å². The predicted octanol–water partition coefficient (Wildman–Crippen LogP) is 1.22. The van der Waals surface area contributed by atoms with Gasteiger partial charge in [-0.1, -0.05) is 5.16 Å². The predicted molar refractivity (Wildman–Crippen MR) is 75.6 cm³/mol. The lowest BCUT2D eigenvalue weighted by Gasteiger charge is -2.08. The molecule has 0 fully saturated rings. The van der Waals surface area contributed by atoms with Gasteiger partial charge in [-0.05, 0) is 32.0 Å². The van der Waals surface area contributed by atoms with Gasteiger partial charge in [-0.3, -0.25) is 0 Å². The highest BCUT2D eigenvalue weighted by atomic mass is 32.2. The van der Waals surface area contributed by atoms with Crippen LogP contribution in [0.1, 0.15) is 22.6 Å². The van der Waals surface area contributed by atoms with Crippen molar-refractivity contribution in [2.24, 2.45) is 0 Å². The second-order valence-corrected chi connectivity index (χ2v) is 6.23. The number of anilines is 1. The van der Waals surface area contributed by atoms with Gasteiger partial charge in [0.2, 0.25) is 10.0 Å². The number of nitriles is 1. The van der Waals surface area contributed by atoms with Crippen molar-refractivity contribution in [2.75, 3.05) is 5.73 Å². The van der Waals surface area contributed by atoms with Gasteiger partial charge in [-0.15, -0.1) is 0 Å². The van der Waals surface area contributed by atoms with Crippen molar-refractivity contribution in [2.45, 2.75) is 25.3 Å². The SMILES string of the molecule is Cc1noc(C)c1CNS(=O)(=O)c1ccc(N)cc1C#N. The molecule has 7 nitrogen and oxygen atoms in total. The summed E-state index contributed by atoms with van der Waals surface area (Å²) >= 11 is 0. The number of nitrogens with zero attached hydrogens (tertiary/aromatic N) is 2. The molecule has 0 saturated carbocycles. The van der Waals surface area contributed by atoms with E-state index in [-0.39, 0.29) is 17.0 Å². The van der Waals surface area contributed by atoms with E-state index < -0.39 is 10.0 Å². The zero-order chi connectivity index (χ0) is 15.6. The lowest BCUT2D eigenvalue weighted by molar-refractivity contribution is 0.392. The van der Waals surface area contributed by atoms with Gasteiger partial charge in [-0.2, -0.15) is 5.26 Å². The van der Waals surface area contributed by atoms with Crippen molar-refractivity contribution >= 4 is 15.7 Å². The Labute approximate surface area is 122 Å². The minimum Gasteiger partial charge on any atom is -0.399 e. The molecule has 0 radical (unpaired) electrons. The van der Waals surface area contributed by atoms with E-state index in [9.17, 15) is 8.42 Å². The molecule has 0 aliphatic heterocycles. The zero-order valence-corrected chi connectivity index (χ0v) is 12.4. The Morgan fingerprint density at radius 1 is 1.43 bits per heavy atom. The molecular formula is C13H14N4O3S. The van der Waals surface area contributed by atoms with Gasteiger partial charge in [0.1, 0.15) is 11.8 Å². The van der Waals surface area contributed by atoms with E-state index in [0.717, 1.165) is 0 Å². The number of aromatic nitrogens is 1. The Bertz CT molecular complexity index is 799. The number of aryl methyl sites for hydroxylation is 2. The molecule has 8 heteroatoms. The number of nitrogens with two attached hydrogens (primary N) is 1. The summed E-state index contributed by atoms with van der Waals surface area (Å²) < 4.78 is 32.0. The average Bonchev–Trinajstić information content (AvgIpc) is 2.75. The first-order chi connectivity index (χ1) is 9.85. The monoisotopic (exact) mass is 306 g/mol. The number of benzene rings is 1. The molecule has 1 aromatic carbocycles. The van der Waals surface area contributed by atoms with Crippen molar-refractivity contribution in [3.8, 4) is 6.07 Å². The Balaban J connectivity index is 2.30. The minimum atomic E-state index is -3.83. The summed E-state index contributed by atoms with van der Waals surface area (Å²) in [6.45, 7) is 3.47.